The third-order valence-electron chi connectivity index (χ3n) is 3.69. The van der Waals surface area contributed by atoms with Crippen LogP contribution in [-0.2, 0) is 9.53 Å². The van der Waals surface area contributed by atoms with E-state index < -0.39 is 0 Å². The highest BCUT2D eigenvalue weighted by atomic mass is 16.5. The second kappa shape index (κ2) is 4.72. The van der Waals surface area contributed by atoms with Crippen molar-refractivity contribution in [3.63, 3.8) is 0 Å². The maximum absolute atomic E-state index is 12.2. The molecule has 2 aliphatic heterocycles. The van der Waals surface area contributed by atoms with Crippen molar-refractivity contribution in [1.82, 2.24) is 10.2 Å². The molecule has 0 aliphatic carbocycles. The molecule has 0 aromatic heterocycles. The van der Waals surface area contributed by atoms with E-state index in [2.05, 4.69) is 26.1 Å². The maximum atomic E-state index is 12.2. The molecule has 0 bridgehead atoms. The summed E-state index contributed by atoms with van der Waals surface area (Å²) in [4.78, 5) is 14.1. The van der Waals surface area contributed by atoms with Gasteiger partial charge in [-0.05, 0) is 25.7 Å². The summed E-state index contributed by atoms with van der Waals surface area (Å²) < 4.78 is 5.65. The van der Waals surface area contributed by atoms with Gasteiger partial charge in [0.05, 0.1) is 24.9 Å². The van der Waals surface area contributed by atoms with Crippen molar-refractivity contribution in [3.8, 4) is 0 Å². The molecule has 1 amide bonds. The lowest BCUT2D eigenvalue weighted by molar-refractivity contribution is -0.133. The van der Waals surface area contributed by atoms with Gasteiger partial charge in [0.15, 0.2) is 0 Å². The number of amides is 1. The summed E-state index contributed by atoms with van der Waals surface area (Å²) in [5.41, 5.74) is 0. The summed E-state index contributed by atoms with van der Waals surface area (Å²) in [5, 5.41) is 3.28. The first-order valence-electron chi connectivity index (χ1n) is 6.26. The van der Waals surface area contributed by atoms with Crippen molar-refractivity contribution in [3.05, 3.63) is 0 Å². The third kappa shape index (κ3) is 2.09. The molecular weight excluding hydrogens is 204 g/mol. The molecule has 4 heteroatoms. The Kier molecular flexibility index (Phi) is 3.50. The van der Waals surface area contributed by atoms with Gasteiger partial charge in [-0.3, -0.25) is 10.1 Å². The SMILES string of the molecule is CC(C)C1NCN(C(C)C2CCCO2)C1=O. The number of ether oxygens (including phenoxy) is 1. The Morgan fingerprint density at radius 1 is 1.44 bits per heavy atom. The number of nitrogens with zero attached hydrogens (tertiary/aromatic N) is 1. The zero-order chi connectivity index (χ0) is 11.7. The minimum absolute atomic E-state index is 0.0103. The predicted octanol–water partition coefficient (Wildman–Crippen LogP) is 0.968. The lowest BCUT2D eigenvalue weighted by Crippen LogP contribution is -2.44. The van der Waals surface area contributed by atoms with Crippen LogP contribution in [-0.4, -0.2) is 42.3 Å². The van der Waals surface area contributed by atoms with Crippen molar-refractivity contribution in [2.45, 2.75) is 51.8 Å². The van der Waals surface area contributed by atoms with Gasteiger partial charge in [0.25, 0.3) is 0 Å². The van der Waals surface area contributed by atoms with Crippen molar-refractivity contribution >= 4 is 5.91 Å². The Morgan fingerprint density at radius 2 is 2.19 bits per heavy atom. The van der Waals surface area contributed by atoms with Crippen LogP contribution in [0, 0.1) is 5.92 Å². The van der Waals surface area contributed by atoms with Crippen LogP contribution in [0.4, 0.5) is 0 Å². The topological polar surface area (TPSA) is 41.6 Å². The van der Waals surface area contributed by atoms with E-state index in [-0.39, 0.29) is 24.1 Å². The quantitative estimate of drug-likeness (QED) is 0.779. The highest BCUT2D eigenvalue weighted by Crippen LogP contribution is 2.22. The molecule has 2 rings (SSSR count). The molecule has 3 unspecified atom stereocenters. The minimum atomic E-state index is -0.0103. The Balaban J connectivity index is 1.97. The highest BCUT2D eigenvalue weighted by Gasteiger charge is 2.38. The smallest absolute Gasteiger partial charge is 0.241 e. The third-order valence-corrected chi connectivity index (χ3v) is 3.69. The summed E-state index contributed by atoms with van der Waals surface area (Å²) in [7, 11) is 0. The molecule has 2 heterocycles. The average molecular weight is 226 g/mol. The predicted molar refractivity (Wildman–Crippen MR) is 61.9 cm³/mol. The van der Waals surface area contributed by atoms with E-state index in [4.69, 9.17) is 4.74 Å². The van der Waals surface area contributed by atoms with E-state index >= 15 is 0 Å². The molecule has 4 nitrogen and oxygen atoms in total. The molecule has 2 aliphatic rings. The van der Waals surface area contributed by atoms with Crippen molar-refractivity contribution in [2.24, 2.45) is 5.92 Å². The van der Waals surface area contributed by atoms with E-state index in [1.165, 1.54) is 0 Å². The summed E-state index contributed by atoms with van der Waals surface area (Å²) in [6, 6.07) is 0.190. The molecule has 16 heavy (non-hydrogen) atoms. The second-order valence-electron chi connectivity index (χ2n) is 5.18. The fraction of sp³-hybridized carbons (Fsp3) is 0.917. The Bertz CT molecular complexity index is 262. The van der Waals surface area contributed by atoms with Gasteiger partial charge in [-0.2, -0.15) is 0 Å². The summed E-state index contributed by atoms with van der Waals surface area (Å²) in [6.45, 7) is 7.77. The Labute approximate surface area is 97.3 Å². The number of rotatable bonds is 3. The Morgan fingerprint density at radius 3 is 2.69 bits per heavy atom. The number of hydrogen-bond acceptors (Lipinski definition) is 3. The van der Waals surface area contributed by atoms with Crippen LogP contribution in [0.1, 0.15) is 33.6 Å². The zero-order valence-corrected chi connectivity index (χ0v) is 10.4. The van der Waals surface area contributed by atoms with Crippen LogP contribution < -0.4 is 5.32 Å². The van der Waals surface area contributed by atoms with E-state index in [0.717, 1.165) is 19.4 Å². The lowest BCUT2D eigenvalue weighted by atomic mass is 10.0. The molecule has 2 saturated heterocycles. The lowest BCUT2D eigenvalue weighted by Gasteiger charge is -2.28. The number of nitrogens with one attached hydrogen (secondary N) is 1. The first-order valence-corrected chi connectivity index (χ1v) is 6.26. The molecule has 2 fully saturated rings. The maximum Gasteiger partial charge on any atom is 0.241 e. The van der Waals surface area contributed by atoms with E-state index in [0.29, 0.717) is 12.6 Å². The number of carbonyl (C=O) groups is 1. The van der Waals surface area contributed by atoms with Gasteiger partial charge in [-0.15, -0.1) is 0 Å². The molecule has 0 saturated carbocycles. The average Bonchev–Trinajstić information content (AvgIpc) is 2.84. The number of carbonyl (C=O) groups excluding carboxylic acids is 1. The van der Waals surface area contributed by atoms with Gasteiger partial charge in [-0.25, -0.2) is 0 Å². The van der Waals surface area contributed by atoms with Gasteiger partial charge in [0.2, 0.25) is 5.91 Å². The van der Waals surface area contributed by atoms with Crippen molar-refractivity contribution < 1.29 is 9.53 Å². The summed E-state index contributed by atoms with van der Waals surface area (Å²) in [6.07, 6.45) is 2.44. The minimum Gasteiger partial charge on any atom is -0.376 e. The van der Waals surface area contributed by atoms with Crippen LogP contribution in [0.5, 0.6) is 0 Å². The van der Waals surface area contributed by atoms with Crippen molar-refractivity contribution in [1.29, 1.82) is 0 Å². The molecule has 0 radical (unpaired) electrons. The van der Waals surface area contributed by atoms with Gasteiger partial charge in [0.1, 0.15) is 0 Å². The molecular formula is C12H22N2O2. The van der Waals surface area contributed by atoms with Gasteiger partial charge < -0.3 is 9.64 Å². The molecule has 3 atom stereocenters. The van der Waals surface area contributed by atoms with Gasteiger partial charge >= 0.3 is 0 Å². The first kappa shape index (κ1) is 11.9. The first-order chi connectivity index (χ1) is 7.61. The standard InChI is InChI=1S/C12H22N2O2/c1-8(2)11-12(15)14(7-13-11)9(3)10-5-4-6-16-10/h8-11,13H,4-7H2,1-3H3. The van der Waals surface area contributed by atoms with E-state index in [1.807, 2.05) is 4.90 Å². The fourth-order valence-electron chi connectivity index (χ4n) is 2.59. The van der Waals surface area contributed by atoms with E-state index in [9.17, 15) is 4.79 Å². The van der Waals surface area contributed by atoms with Crippen LogP contribution in [0.2, 0.25) is 0 Å². The summed E-state index contributed by atoms with van der Waals surface area (Å²) in [5.74, 6) is 0.590. The monoisotopic (exact) mass is 226 g/mol. The molecule has 0 spiro atoms. The normalized spacial score (nSPS) is 32.8. The van der Waals surface area contributed by atoms with Gasteiger partial charge in [0, 0.05) is 6.61 Å². The summed E-state index contributed by atoms with van der Waals surface area (Å²) >= 11 is 0. The number of hydrogen-bond donors (Lipinski definition) is 1. The van der Waals surface area contributed by atoms with E-state index in [1.54, 1.807) is 0 Å². The molecule has 1 N–H and O–H groups in total. The highest BCUT2D eigenvalue weighted by molar-refractivity contribution is 5.84. The zero-order valence-electron chi connectivity index (χ0n) is 10.4. The van der Waals surface area contributed by atoms with Gasteiger partial charge in [-0.1, -0.05) is 13.8 Å². The molecule has 0 aromatic carbocycles. The van der Waals surface area contributed by atoms with Crippen molar-refractivity contribution in [2.75, 3.05) is 13.3 Å². The van der Waals surface area contributed by atoms with Crippen LogP contribution in [0.15, 0.2) is 0 Å². The molecule has 0 aromatic rings. The fourth-order valence-corrected chi connectivity index (χ4v) is 2.59. The van der Waals surface area contributed by atoms with Crippen LogP contribution in [0.3, 0.4) is 0 Å². The Hall–Kier alpha value is -0.610. The second-order valence-corrected chi connectivity index (χ2v) is 5.18. The van der Waals surface area contributed by atoms with Crippen LogP contribution >= 0.6 is 0 Å². The molecule has 92 valence electrons. The largest absolute Gasteiger partial charge is 0.376 e. The van der Waals surface area contributed by atoms with Crippen LogP contribution in [0.25, 0.3) is 0 Å².